The molecule has 96 valence electrons. The van der Waals surface area contributed by atoms with Gasteiger partial charge >= 0.3 is 0 Å². The lowest BCUT2D eigenvalue weighted by Gasteiger charge is -2.35. The predicted octanol–water partition coefficient (Wildman–Crippen LogP) is 1.48. The van der Waals surface area contributed by atoms with Crippen molar-refractivity contribution in [3.63, 3.8) is 0 Å². The number of hydrogen-bond donors (Lipinski definition) is 1. The minimum absolute atomic E-state index is 0.286. The third-order valence-corrected chi connectivity index (χ3v) is 5.90. The van der Waals surface area contributed by atoms with Gasteiger partial charge in [-0.15, -0.1) is 0 Å². The lowest BCUT2D eigenvalue weighted by atomic mass is 9.88. The van der Waals surface area contributed by atoms with Gasteiger partial charge in [0.25, 0.3) is 0 Å². The highest BCUT2D eigenvalue weighted by Gasteiger charge is 2.44. The number of nitrogens with zero attached hydrogens (tertiary/aromatic N) is 1. The maximum absolute atomic E-state index is 12.5. The molecule has 3 rings (SSSR count). The first-order valence-electron chi connectivity index (χ1n) is 6.94. The van der Waals surface area contributed by atoms with Crippen LogP contribution in [0.4, 0.5) is 0 Å². The van der Waals surface area contributed by atoms with Gasteiger partial charge in [0.2, 0.25) is 5.91 Å². The Morgan fingerprint density at radius 3 is 3.00 bits per heavy atom. The number of thioether (sulfide) groups is 1. The van der Waals surface area contributed by atoms with Crippen molar-refractivity contribution >= 4 is 17.7 Å². The van der Waals surface area contributed by atoms with Crippen LogP contribution in [-0.2, 0) is 4.79 Å². The zero-order valence-electron chi connectivity index (χ0n) is 10.5. The van der Waals surface area contributed by atoms with E-state index in [0.29, 0.717) is 23.2 Å². The fraction of sp³-hybridized carbons (Fsp3) is 0.923. The first kappa shape index (κ1) is 11.8. The molecule has 0 aromatic carbocycles. The Hall–Kier alpha value is -0.220. The van der Waals surface area contributed by atoms with E-state index in [4.69, 9.17) is 0 Å². The van der Waals surface area contributed by atoms with E-state index in [0.717, 1.165) is 25.3 Å². The lowest BCUT2D eigenvalue weighted by Crippen LogP contribution is -2.47. The van der Waals surface area contributed by atoms with E-state index in [-0.39, 0.29) is 5.92 Å². The van der Waals surface area contributed by atoms with Crippen LogP contribution in [0.1, 0.15) is 32.6 Å². The van der Waals surface area contributed by atoms with Crippen LogP contribution in [0, 0.1) is 5.92 Å². The molecule has 3 aliphatic heterocycles. The van der Waals surface area contributed by atoms with E-state index in [2.05, 4.69) is 17.1 Å². The summed E-state index contributed by atoms with van der Waals surface area (Å²) in [5.74, 6) is 1.84. The van der Waals surface area contributed by atoms with E-state index < -0.39 is 0 Å². The van der Waals surface area contributed by atoms with Crippen molar-refractivity contribution in [2.75, 3.05) is 18.8 Å². The summed E-state index contributed by atoms with van der Waals surface area (Å²) in [6, 6.07) is 1.12. The van der Waals surface area contributed by atoms with Crippen LogP contribution in [0.2, 0.25) is 0 Å². The highest BCUT2D eigenvalue weighted by molar-refractivity contribution is 8.00. The summed E-state index contributed by atoms with van der Waals surface area (Å²) >= 11 is 2.03. The number of carbonyl (C=O) groups excluding carboxylic acids is 1. The molecule has 3 fully saturated rings. The molecule has 0 spiro atoms. The van der Waals surface area contributed by atoms with Crippen LogP contribution in [0.3, 0.4) is 0 Å². The zero-order valence-corrected chi connectivity index (χ0v) is 11.3. The Balaban J connectivity index is 1.62. The van der Waals surface area contributed by atoms with E-state index in [9.17, 15) is 4.79 Å². The SMILES string of the molecule is CCC1CN(C(=O)C2CC3CCC2N3)CCS1. The molecule has 1 N–H and O–H groups in total. The molecule has 0 aromatic heterocycles. The molecule has 1 amide bonds. The molecular formula is C13H22N2OS. The van der Waals surface area contributed by atoms with Crippen molar-refractivity contribution in [2.24, 2.45) is 5.92 Å². The minimum atomic E-state index is 0.286. The Kier molecular flexibility index (Phi) is 3.35. The highest BCUT2D eigenvalue weighted by atomic mass is 32.2. The highest BCUT2D eigenvalue weighted by Crippen LogP contribution is 2.35. The van der Waals surface area contributed by atoms with Crippen LogP contribution in [0.5, 0.6) is 0 Å². The van der Waals surface area contributed by atoms with Crippen molar-refractivity contribution in [3.8, 4) is 0 Å². The van der Waals surface area contributed by atoms with Gasteiger partial charge in [0.05, 0.1) is 5.92 Å². The summed E-state index contributed by atoms with van der Waals surface area (Å²) in [5.41, 5.74) is 0. The standard InChI is InChI=1S/C13H22N2OS/c1-2-10-8-15(5-6-17-10)13(16)11-7-9-3-4-12(11)14-9/h9-12,14H,2-8H2,1H3. The summed E-state index contributed by atoms with van der Waals surface area (Å²) in [6.45, 7) is 4.17. The van der Waals surface area contributed by atoms with Crippen LogP contribution in [0.25, 0.3) is 0 Å². The molecule has 4 atom stereocenters. The summed E-state index contributed by atoms with van der Waals surface area (Å²) < 4.78 is 0. The molecule has 3 heterocycles. The summed E-state index contributed by atoms with van der Waals surface area (Å²) in [7, 11) is 0. The average Bonchev–Trinajstić information content (AvgIpc) is 3.00. The summed E-state index contributed by atoms with van der Waals surface area (Å²) in [4.78, 5) is 14.7. The monoisotopic (exact) mass is 254 g/mol. The molecule has 0 aromatic rings. The maximum Gasteiger partial charge on any atom is 0.227 e. The topological polar surface area (TPSA) is 32.3 Å². The number of hydrogen-bond acceptors (Lipinski definition) is 3. The van der Waals surface area contributed by atoms with E-state index in [1.54, 1.807) is 0 Å². The summed E-state index contributed by atoms with van der Waals surface area (Å²) in [5, 5.41) is 4.24. The van der Waals surface area contributed by atoms with Gasteiger partial charge in [-0.25, -0.2) is 0 Å². The van der Waals surface area contributed by atoms with Gasteiger partial charge in [0, 0.05) is 36.2 Å². The number of amides is 1. The predicted molar refractivity (Wildman–Crippen MR) is 71.2 cm³/mol. The largest absolute Gasteiger partial charge is 0.340 e. The molecule has 17 heavy (non-hydrogen) atoms. The van der Waals surface area contributed by atoms with Crippen LogP contribution in [0.15, 0.2) is 0 Å². The normalized spacial score (nSPS) is 40.9. The molecule has 0 saturated carbocycles. The van der Waals surface area contributed by atoms with Crippen molar-refractivity contribution in [1.82, 2.24) is 10.2 Å². The van der Waals surface area contributed by atoms with Crippen molar-refractivity contribution in [2.45, 2.75) is 49.9 Å². The van der Waals surface area contributed by atoms with Gasteiger partial charge in [-0.1, -0.05) is 6.92 Å². The van der Waals surface area contributed by atoms with Crippen molar-refractivity contribution in [3.05, 3.63) is 0 Å². The molecule has 2 bridgehead atoms. The molecule has 0 aliphatic carbocycles. The van der Waals surface area contributed by atoms with Crippen LogP contribution >= 0.6 is 11.8 Å². The molecule has 4 unspecified atom stereocenters. The second-order valence-corrected chi connectivity index (χ2v) is 6.98. The van der Waals surface area contributed by atoms with Gasteiger partial charge in [-0.2, -0.15) is 11.8 Å². The Bertz CT molecular complexity index is 310. The van der Waals surface area contributed by atoms with Gasteiger partial charge < -0.3 is 10.2 Å². The van der Waals surface area contributed by atoms with Gasteiger partial charge in [-0.3, -0.25) is 4.79 Å². The second-order valence-electron chi connectivity index (χ2n) is 5.57. The van der Waals surface area contributed by atoms with E-state index >= 15 is 0 Å². The quantitative estimate of drug-likeness (QED) is 0.810. The second kappa shape index (κ2) is 4.81. The third-order valence-electron chi connectivity index (χ3n) is 4.52. The van der Waals surface area contributed by atoms with Gasteiger partial charge in [0.15, 0.2) is 0 Å². The Morgan fingerprint density at radius 1 is 1.47 bits per heavy atom. The van der Waals surface area contributed by atoms with Gasteiger partial charge in [0.1, 0.15) is 0 Å². The fourth-order valence-corrected chi connectivity index (χ4v) is 4.68. The number of carbonyl (C=O) groups is 1. The number of nitrogens with one attached hydrogen (secondary N) is 1. The molecule has 4 heteroatoms. The number of rotatable bonds is 2. The molecule has 0 radical (unpaired) electrons. The van der Waals surface area contributed by atoms with Crippen molar-refractivity contribution < 1.29 is 4.79 Å². The Labute approximate surface area is 108 Å². The first-order valence-corrected chi connectivity index (χ1v) is 7.99. The molecule has 3 saturated heterocycles. The van der Waals surface area contributed by atoms with Crippen LogP contribution < -0.4 is 5.32 Å². The lowest BCUT2D eigenvalue weighted by molar-refractivity contribution is -0.136. The smallest absolute Gasteiger partial charge is 0.227 e. The number of fused-ring (bicyclic) bond motifs is 2. The average molecular weight is 254 g/mol. The molecule has 3 aliphatic rings. The Morgan fingerprint density at radius 2 is 2.35 bits per heavy atom. The van der Waals surface area contributed by atoms with Gasteiger partial charge in [-0.05, 0) is 25.7 Å². The van der Waals surface area contributed by atoms with Crippen molar-refractivity contribution in [1.29, 1.82) is 0 Å². The van der Waals surface area contributed by atoms with E-state index in [1.165, 1.54) is 19.3 Å². The molecule has 3 nitrogen and oxygen atoms in total. The fourth-order valence-electron chi connectivity index (χ4n) is 3.50. The van der Waals surface area contributed by atoms with Crippen LogP contribution in [-0.4, -0.2) is 47.0 Å². The molecular weight excluding hydrogens is 232 g/mol. The summed E-state index contributed by atoms with van der Waals surface area (Å²) in [6.07, 6.45) is 4.76. The first-order chi connectivity index (χ1) is 8.28. The third kappa shape index (κ3) is 2.22. The zero-order chi connectivity index (χ0) is 11.8. The minimum Gasteiger partial charge on any atom is -0.340 e. The maximum atomic E-state index is 12.5. The van der Waals surface area contributed by atoms with E-state index in [1.807, 2.05) is 11.8 Å².